The van der Waals surface area contributed by atoms with Gasteiger partial charge in [-0.05, 0) is 36.6 Å². The van der Waals surface area contributed by atoms with E-state index >= 15 is 0 Å². The van der Waals surface area contributed by atoms with Gasteiger partial charge in [0.15, 0.2) is 0 Å². The molecule has 4 aromatic rings. The molecule has 0 fully saturated rings. The Morgan fingerprint density at radius 1 is 1.00 bits per heavy atom. The van der Waals surface area contributed by atoms with E-state index in [0.29, 0.717) is 23.8 Å². The number of benzene rings is 3. The molecule has 0 saturated carbocycles. The van der Waals surface area contributed by atoms with E-state index < -0.39 is 23.7 Å². The third-order valence-electron chi connectivity index (χ3n) is 5.48. The van der Waals surface area contributed by atoms with Gasteiger partial charge in [0.1, 0.15) is 24.0 Å². The van der Waals surface area contributed by atoms with Crippen molar-refractivity contribution in [1.29, 1.82) is 0 Å². The van der Waals surface area contributed by atoms with Gasteiger partial charge < -0.3 is 19.2 Å². The van der Waals surface area contributed by atoms with Crippen molar-refractivity contribution in [3.05, 3.63) is 88.3 Å². The van der Waals surface area contributed by atoms with Crippen LogP contribution in [0.1, 0.15) is 30.9 Å². The number of carbonyl (C=O) groups is 2. The van der Waals surface area contributed by atoms with Crippen molar-refractivity contribution in [1.82, 2.24) is 5.32 Å². The molecule has 7 heteroatoms. The Kier molecular flexibility index (Phi) is 6.92. The molecule has 0 aliphatic heterocycles. The first-order chi connectivity index (χ1) is 16.5. The second kappa shape index (κ2) is 10.2. The summed E-state index contributed by atoms with van der Waals surface area (Å²) >= 11 is 0. The number of aryl methyl sites for hydroxylation is 1. The van der Waals surface area contributed by atoms with Crippen LogP contribution in [0, 0.1) is 6.92 Å². The molecule has 0 bridgehead atoms. The second-order valence-corrected chi connectivity index (χ2v) is 8.02. The van der Waals surface area contributed by atoms with Gasteiger partial charge >= 0.3 is 17.7 Å². The van der Waals surface area contributed by atoms with Crippen LogP contribution >= 0.6 is 0 Å². The zero-order chi connectivity index (χ0) is 24.1. The van der Waals surface area contributed by atoms with Crippen molar-refractivity contribution in [2.45, 2.75) is 39.3 Å². The summed E-state index contributed by atoms with van der Waals surface area (Å²) in [5.74, 6) is -0.394. The average Bonchev–Trinajstić information content (AvgIpc) is 2.83. The molecule has 7 nitrogen and oxygen atoms in total. The third-order valence-corrected chi connectivity index (χ3v) is 5.48. The number of hydrogen-bond donors (Lipinski definition) is 1. The lowest BCUT2D eigenvalue weighted by Gasteiger charge is -2.17. The van der Waals surface area contributed by atoms with Crippen molar-refractivity contribution in [2.75, 3.05) is 0 Å². The Morgan fingerprint density at radius 2 is 1.71 bits per heavy atom. The Labute approximate surface area is 196 Å². The van der Waals surface area contributed by atoms with Crippen LogP contribution in [0.2, 0.25) is 0 Å². The molecule has 174 valence electrons. The van der Waals surface area contributed by atoms with Crippen molar-refractivity contribution >= 4 is 33.8 Å². The van der Waals surface area contributed by atoms with Gasteiger partial charge in [-0.3, -0.25) is 0 Å². The van der Waals surface area contributed by atoms with Crippen LogP contribution in [-0.2, 0) is 16.1 Å². The Hall–Kier alpha value is -4.13. The van der Waals surface area contributed by atoms with Crippen LogP contribution in [0.25, 0.3) is 21.7 Å². The van der Waals surface area contributed by atoms with Gasteiger partial charge in [0.05, 0.1) is 5.39 Å². The highest BCUT2D eigenvalue weighted by Crippen LogP contribution is 2.30. The molecular formula is C27H25NO6. The summed E-state index contributed by atoms with van der Waals surface area (Å²) in [6.45, 7) is 3.85. The van der Waals surface area contributed by atoms with Crippen LogP contribution in [0.4, 0.5) is 4.79 Å². The van der Waals surface area contributed by atoms with E-state index in [1.54, 1.807) is 18.2 Å². The predicted molar refractivity (Wildman–Crippen MR) is 129 cm³/mol. The number of nitrogens with one attached hydrogen (secondary N) is 1. The fourth-order valence-corrected chi connectivity index (χ4v) is 3.87. The van der Waals surface area contributed by atoms with E-state index in [0.717, 1.165) is 21.9 Å². The van der Waals surface area contributed by atoms with Crippen LogP contribution in [0.5, 0.6) is 5.75 Å². The number of hydrogen-bond acceptors (Lipinski definition) is 6. The molecule has 0 aliphatic carbocycles. The minimum absolute atomic E-state index is 0.0947. The van der Waals surface area contributed by atoms with Crippen molar-refractivity contribution < 1.29 is 23.5 Å². The minimum Gasteiger partial charge on any atom is -0.445 e. The molecule has 34 heavy (non-hydrogen) atoms. The van der Waals surface area contributed by atoms with Gasteiger partial charge in [0.25, 0.3) is 0 Å². The number of esters is 1. The maximum atomic E-state index is 12.9. The SMILES string of the molecule is CCC[C@H](NC(=O)OCc1ccccc1)C(=O)Oc1cc(C)c2c(c1)oc(=O)c1ccccc12. The predicted octanol–water partition coefficient (Wildman–Crippen LogP) is 5.26. The lowest BCUT2D eigenvalue weighted by molar-refractivity contribution is -0.136. The molecule has 0 spiro atoms. The topological polar surface area (TPSA) is 94.8 Å². The molecule has 1 N–H and O–H groups in total. The smallest absolute Gasteiger partial charge is 0.408 e. The molecular weight excluding hydrogens is 434 g/mol. The maximum absolute atomic E-state index is 12.9. The van der Waals surface area contributed by atoms with E-state index in [9.17, 15) is 14.4 Å². The van der Waals surface area contributed by atoms with Gasteiger partial charge in [-0.25, -0.2) is 14.4 Å². The molecule has 0 radical (unpaired) electrons. The molecule has 4 rings (SSSR count). The highest BCUT2D eigenvalue weighted by molar-refractivity contribution is 6.06. The minimum atomic E-state index is -0.882. The molecule has 0 aliphatic rings. The number of alkyl carbamates (subject to hydrolysis) is 1. The highest BCUT2D eigenvalue weighted by atomic mass is 16.6. The molecule has 1 heterocycles. The van der Waals surface area contributed by atoms with Crippen molar-refractivity contribution in [3.8, 4) is 5.75 Å². The highest BCUT2D eigenvalue weighted by Gasteiger charge is 2.23. The maximum Gasteiger partial charge on any atom is 0.408 e. The van der Waals surface area contributed by atoms with E-state index in [-0.39, 0.29) is 12.4 Å². The first kappa shape index (κ1) is 23.0. The summed E-state index contributed by atoms with van der Waals surface area (Å²) in [6, 6.07) is 18.8. The second-order valence-electron chi connectivity index (χ2n) is 8.02. The summed E-state index contributed by atoms with van der Waals surface area (Å²) in [6.07, 6.45) is 0.327. The first-order valence-corrected chi connectivity index (χ1v) is 11.1. The monoisotopic (exact) mass is 459 g/mol. The fraction of sp³-hybridized carbons (Fsp3) is 0.222. The quantitative estimate of drug-likeness (QED) is 0.175. The van der Waals surface area contributed by atoms with E-state index in [2.05, 4.69) is 5.32 Å². The molecule has 1 amide bonds. The molecule has 0 saturated heterocycles. The van der Waals surface area contributed by atoms with Crippen molar-refractivity contribution in [3.63, 3.8) is 0 Å². The van der Waals surface area contributed by atoms with Gasteiger partial charge in [0, 0.05) is 16.8 Å². The van der Waals surface area contributed by atoms with Gasteiger partial charge in [-0.15, -0.1) is 0 Å². The lowest BCUT2D eigenvalue weighted by atomic mass is 10.0. The largest absolute Gasteiger partial charge is 0.445 e. The number of ether oxygens (including phenoxy) is 2. The molecule has 3 aromatic carbocycles. The molecule has 0 unspecified atom stereocenters. The summed E-state index contributed by atoms with van der Waals surface area (Å²) < 4.78 is 16.3. The summed E-state index contributed by atoms with van der Waals surface area (Å²) in [7, 11) is 0. The van der Waals surface area contributed by atoms with E-state index in [1.165, 1.54) is 6.07 Å². The number of carbonyl (C=O) groups excluding carboxylic acids is 2. The van der Waals surface area contributed by atoms with Gasteiger partial charge in [-0.2, -0.15) is 0 Å². The molecule has 1 atom stereocenters. The Bertz CT molecular complexity index is 1390. The van der Waals surface area contributed by atoms with E-state index in [4.69, 9.17) is 13.9 Å². The average molecular weight is 459 g/mol. The Balaban J connectivity index is 1.51. The standard InChI is InChI=1S/C27H25NO6/c1-3-9-22(28-27(31)32-16-18-10-5-4-6-11-18)26(30)33-19-14-17(2)24-20-12-7-8-13-21(20)25(29)34-23(24)15-19/h4-8,10-15,22H,3,9,16H2,1-2H3,(H,28,31)/t22-/m0/s1. The fourth-order valence-electron chi connectivity index (χ4n) is 3.87. The van der Waals surface area contributed by atoms with Gasteiger partial charge in [-0.1, -0.05) is 61.9 Å². The number of amides is 1. The zero-order valence-electron chi connectivity index (χ0n) is 19.0. The zero-order valence-corrected chi connectivity index (χ0v) is 19.0. The van der Waals surface area contributed by atoms with Crippen LogP contribution in [0.3, 0.4) is 0 Å². The number of rotatable bonds is 7. The van der Waals surface area contributed by atoms with Crippen LogP contribution in [-0.4, -0.2) is 18.1 Å². The summed E-state index contributed by atoms with van der Waals surface area (Å²) in [5, 5.41) is 4.63. The normalized spacial score (nSPS) is 11.8. The van der Waals surface area contributed by atoms with Crippen LogP contribution in [0.15, 0.2) is 75.9 Å². The first-order valence-electron chi connectivity index (χ1n) is 11.1. The van der Waals surface area contributed by atoms with Crippen molar-refractivity contribution in [2.24, 2.45) is 0 Å². The summed E-state index contributed by atoms with van der Waals surface area (Å²) in [5.41, 5.74) is 1.50. The van der Waals surface area contributed by atoms with Crippen LogP contribution < -0.4 is 15.7 Å². The summed E-state index contributed by atoms with van der Waals surface area (Å²) in [4.78, 5) is 37.5. The van der Waals surface area contributed by atoms with E-state index in [1.807, 2.05) is 56.3 Å². The third kappa shape index (κ3) is 5.09. The Morgan fingerprint density at radius 3 is 2.44 bits per heavy atom. The lowest BCUT2D eigenvalue weighted by Crippen LogP contribution is -2.43. The van der Waals surface area contributed by atoms with Gasteiger partial charge in [0.2, 0.25) is 0 Å². The number of fused-ring (bicyclic) bond motifs is 3. The molecule has 1 aromatic heterocycles.